The highest BCUT2D eigenvalue weighted by Gasteiger charge is 2.14. The number of aryl methyl sites for hydroxylation is 1. The maximum Gasteiger partial charge on any atom is 0.155 e. The van der Waals surface area contributed by atoms with E-state index in [0.29, 0.717) is 0 Å². The molecule has 0 spiro atoms. The zero-order valence-corrected chi connectivity index (χ0v) is 12.7. The Morgan fingerprint density at radius 3 is 2.80 bits per heavy atom. The van der Waals surface area contributed by atoms with E-state index in [-0.39, 0.29) is 0 Å². The molecule has 1 aromatic carbocycles. The van der Waals surface area contributed by atoms with Gasteiger partial charge in [-0.15, -0.1) is 11.8 Å². The van der Waals surface area contributed by atoms with Crippen molar-refractivity contribution in [1.29, 1.82) is 0 Å². The molecule has 0 bridgehead atoms. The molecule has 1 aliphatic carbocycles. The quantitative estimate of drug-likeness (QED) is 0.845. The van der Waals surface area contributed by atoms with Crippen molar-refractivity contribution in [2.75, 3.05) is 5.75 Å². The van der Waals surface area contributed by atoms with Crippen LogP contribution in [0.25, 0.3) is 11.4 Å². The Morgan fingerprint density at radius 1 is 1.20 bits per heavy atom. The Hall–Kier alpha value is -1.29. The Labute approximate surface area is 124 Å². The van der Waals surface area contributed by atoms with E-state index >= 15 is 0 Å². The van der Waals surface area contributed by atoms with Gasteiger partial charge in [-0.1, -0.05) is 19.3 Å². The highest BCUT2D eigenvalue weighted by Crippen LogP contribution is 2.31. The first-order valence-corrected chi connectivity index (χ1v) is 8.40. The Bertz CT molecular complexity index is 545. The van der Waals surface area contributed by atoms with Crippen molar-refractivity contribution in [3.8, 4) is 11.4 Å². The summed E-state index contributed by atoms with van der Waals surface area (Å²) in [6.45, 7) is 2.14. The summed E-state index contributed by atoms with van der Waals surface area (Å²) in [5.74, 6) is 3.01. The zero-order valence-electron chi connectivity index (χ0n) is 11.9. The van der Waals surface area contributed by atoms with Crippen molar-refractivity contribution in [3.05, 3.63) is 30.1 Å². The fourth-order valence-electron chi connectivity index (χ4n) is 2.88. The minimum absolute atomic E-state index is 0.855. The van der Waals surface area contributed by atoms with Crippen LogP contribution in [0, 0.1) is 12.8 Å². The number of nitrogens with zero attached hydrogens (tertiary/aromatic N) is 2. The minimum atomic E-state index is 0.855. The number of aromatic nitrogens is 3. The van der Waals surface area contributed by atoms with Crippen LogP contribution in [0.5, 0.6) is 0 Å². The van der Waals surface area contributed by atoms with Crippen LogP contribution in [0.15, 0.2) is 29.4 Å². The average Bonchev–Trinajstić information content (AvgIpc) is 3.00. The molecule has 20 heavy (non-hydrogen) atoms. The maximum atomic E-state index is 4.24. The van der Waals surface area contributed by atoms with Gasteiger partial charge >= 0.3 is 0 Å². The molecule has 2 aromatic rings. The van der Waals surface area contributed by atoms with Crippen LogP contribution in [0.3, 0.4) is 0 Å². The highest BCUT2D eigenvalue weighted by atomic mass is 32.2. The monoisotopic (exact) mass is 287 g/mol. The molecule has 0 radical (unpaired) electrons. The molecule has 0 unspecified atom stereocenters. The second kappa shape index (κ2) is 6.44. The van der Waals surface area contributed by atoms with E-state index in [1.54, 1.807) is 6.33 Å². The smallest absolute Gasteiger partial charge is 0.155 e. The second-order valence-corrected chi connectivity index (χ2v) is 6.78. The third kappa shape index (κ3) is 3.42. The van der Waals surface area contributed by atoms with Gasteiger partial charge in [-0.2, -0.15) is 5.10 Å². The van der Waals surface area contributed by atoms with Crippen molar-refractivity contribution in [2.24, 2.45) is 5.92 Å². The SMILES string of the molecule is Cc1cc(SCC2CCCCC2)cc(-c2ncn[nH]2)c1. The largest absolute Gasteiger partial charge is 0.259 e. The number of thioether (sulfide) groups is 1. The summed E-state index contributed by atoms with van der Waals surface area (Å²) in [5.41, 5.74) is 2.42. The number of benzene rings is 1. The third-order valence-electron chi connectivity index (χ3n) is 3.95. The number of H-pyrrole nitrogens is 1. The molecule has 0 atom stereocenters. The van der Waals surface area contributed by atoms with Crippen LogP contribution in [0.2, 0.25) is 0 Å². The fraction of sp³-hybridized carbons (Fsp3) is 0.500. The van der Waals surface area contributed by atoms with Gasteiger partial charge in [0.25, 0.3) is 0 Å². The first-order chi connectivity index (χ1) is 9.81. The van der Waals surface area contributed by atoms with E-state index in [1.165, 1.54) is 48.3 Å². The molecule has 1 N–H and O–H groups in total. The van der Waals surface area contributed by atoms with Crippen LogP contribution in [0.4, 0.5) is 0 Å². The van der Waals surface area contributed by atoms with Crippen molar-refractivity contribution in [2.45, 2.75) is 43.9 Å². The predicted octanol–water partition coefficient (Wildman–Crippen LogP) is 4.45. The predicted molar refractivity (Wildman–Crippen MR) is 83.9 cm³/mol. The summed E-state index contributed by atoms with van der Waals surface area (Å²) in [6.07, 6.45) is 8.65. The van der Waals surface area contributed by atoms with Crippen LogP contribution >= 0.6 is 11.8 Å². The molecular weight excluding hydrogens is 266 g/mol. The molecule has 3 rings (SSSR count). The topological polar surface area (TPSA) is 41.6 Å². The van der Waals surface area contributed by atoms with E-state index in [1.807, 2.05) is 11.8 Å². The van der Waals surface area contributed by atoms with Gasteiger partial charge in [0.2, 0.25) is 0 Å². The summed E-state index contributed by atoms with van der Waals surface area (Å²) in [5, 5.41) is 6.88. The van der Waals surface area contributed by atoms with E-state index in [9.17, 15) is 0 Å². The molecule has 3 nitrogen and oxygen atoms in total. The maximum absolute atomic E-state index is 4.24. The molecular formula is C16H21N3S. The van der Waals surface area contributed by atoms with Gasteiger partial charge in [0.1, 0.15) is 6.33 Å². The summed E-state index contributed by atoms with van der Waals surface area (Å²) in [4.78, 5) is 5.59. The van der Waals surface area contributed by atoms with Crippen molar-refractivity contribution < 1.29 is 0 Å². The lowest BCUT2D eigenvalue weighted by Crippen LogP contribution is -2.08. The summed E-state index contributed by atoms with van der Waals surface area (Å²) in [7, 11) is 0. The van der Waals surface area contributed by atoms with Gasteiger partial charge in [0.15, 0.2) is 5.82 Å². The van der Waals surface area contributed by atoms with Crippen LogP contribution < -0.4 is 0 Å². The molecule has 1 aromatic heterocycles. The van der Waals surface area contributed by atoms with Gasteiger partial charge < -0.3 is 0 Å². The average molecular weight is 287 g/mol. The summed E-state index contributed by atoms with van der Waals surface area (Å²) >= 11 is 1.99. The molecule has 0 saturated heterocycles. The molecule has 1 fully saturated rings. The van der Waals surface area contributed by atoms with E-state index in [2.05, 4.69) is 40.3 Å². The molecule has 4 heteroatoms. The van der Waals surface area contributed by atoms with Crippen molar-refractivity contribution in [1.82, 2.24) is 15.2 Å². The second-order valence-electron chi connectivity index (χ2n) is 5.68. The number of hydrogen-bond acceptors (Lipinski definition) is 3. The first-order valence-electron chi connectivity index (χ1n) is 7.41. The number of rotatable bonds is 4. The van der Waals surface area contributed by atoms with Gasteiger partial charge in [-0.3, -0.25) is 5.10 Å². The lowest BCUT2D eigenvalue weighted by atomic mass is 9.91. The molecule has 1 saturated carbocycles. The van der Waals surface area contributed by atoms with E-state index in [4.69, 9.17) is 0 Å². The Balaban J connectivity index is 1.69. The normalized spacial score (nSPS) is 16.4. The molecule has 1 aliphatic rings. The first kappa shape index (κ1) is 13.7. The summed E-state index contributed by atoms with van der Waals surface area (Å²) in [6, 6.07) is 6.65. The van der Waals surface area contributed by atoms with Crippen molar-refractivity contribution in [3.63, 3.8) is 0 Å². The molecule has 0 aliphatic heterocycles. The fourth-order valence-corrected chi connectivity index (χ4v) is 4.12. The lowest BCUT2D eigenvalue weighted by molar-refractivity contribution is 0.391. The zero-order chi connectivity index (χ0) is 13.8. The third-order valence-corrected chi connectivity index (χ3v) is 5.16. The molecule has 106 valence electrons. The van der Waals surface area contributed by atoms with Gasteiger partial charge in [-0.05, 0) is 49.4 Å². The van der Waals surface area contributed by atoms with Gasteiger partial charge in [0, 0.05) is 16.2 Å². The summed E-state index contributed by atoms with van der Waals surface area (Å²) < 4.78 is 0. The standard InChI is InChI=1S/C16H21N3S/c1-12-7-14(16-17-11-18-19-16)9-15(8-12)20-10-13-5-3-2-4-6-13/h7-9,11,13H,2-6,10H2,1H3,(H,17,18,19). The van der Waals surface area contributed by atoms with Crippen LogP contribution in [-0.2, 0) is 0 Å². The van der Waals surface area contributed by atoms with E-state index in [0.717, 1.165) is 17.3 Å². The van der Waals surface area contributed by atoms with E-state index < -0.39 is 0 Å². The van der Waals surface area contributed by atoms with Gasteiger partial charge in [0.05, 0.1) is 0 Å². The highest BCUT2D eigenvalue weighted by molar-refractivity contribution is 7.99. The van der Waals surface area contributed by atoms with Crippen molar-refractivity contribution >= 4 is 11.8 Å². The minimum Gasteiger partial charge on any atom is -0.259 e. The molecule has 1 heterocycles. The lowest BCUT2D eigenvalue weighted by Gasteiger charge is -2.21. The Morgan fingerprint density at radius 2 is 2.05 bits per heavy atom. The van der Waals surface area contributed by atoms with Crippen LogP contribution in [0.1, 0.15) is 37.7 Å². The number of aromatic amines is 1. The number of hydrogen-bond donors (Lipinski definition) is 1. The Kier molecular flexibility index (Phi) is 4.41. The number of nitrogens with one attached hydrogen (secondary N) is 1. The van der Waals surface area contributed by atoms with Gasteiger partial charge in [-0.25, -0.2) is 4.98 Å². The molecule has 0 amide bonds. The van der Waals surface area contributed by atoms with Crippen LogP contribution in [-0.4, -0.2) is 20.9 Å².